The number of carboxylic acids is 2. The molecule has 112 valence electrons. The molecule has 0 aliphatic carbocycles. The number of amides is 2. The van der Waals surface area contributed by atoms with Crippen molar-refractivity contribution in [1.29, 1.82) is 5.26 Å². The van der Waals surface area contributed by atoms with Gasteiger partial charge in [-0.1, -0.05) is 13.8 Å². The summed E-state index contributed by atoms with van der Waals surface area (Å²) in [5.41, 5.74) is 0. The van der Waals surface area contributed by atoms with Crippen LogP contribution in [0, 0.1) is 17.2 Å². The molecular weight excluding hydrogens is 266 g/mol. The zero-order chi connectivity index (χ0) is 15.7. The van der Waals surface area contributed by atoms with Crippen LogP contribution >= 0.6 is 0 Å². The molecular formula is C12H19N3O5. The highest BCUT2D eigenvalue weighted by atomic mass is 16.4. The number of hydrogen-bond donors (Lipinski definition) is 2. The van der Waals surface area contributed by atoms with Crippen molar-refractivity contribution in [3.05, 3.63) is 0 Å². The fourth-order valence-corrected chi connectivity index (χ4v) is 1.61. The molecule has 0 saturated carbocycles. The van der Waals surface area contributed by atoms with Crippen LogP contribution in [-0.2, 0) is 9.59 Å². The molecule has 0 saturated heterocycles. The van der Waals surface area contributed by atoms with Gasteiger partial charge in [-0.2, -0.15) is 5.26 Å². The number of nitrogens with zero attached hydrogens (tertiary/aromatic N) is 3. The summed E-state index contributed by atoms with van der Waals surface area (Å²) in [6.45, 7) is 2.83. The van der Waals surface area contributed by atoms with E-state index in [9.17, 15) is 14.4 Å². The Morgan fingerprint density at radius 1 is 1.10 bits per heavy atom. The van der Waals surface area contributed by atoms with Gasteiger partial charge in [-0.05, 0) is 5.92 Å². The Hall–Kier alpha value is -2.30. The van der Waals surface area contributed by atoms with Crippen LogP contribution in [0.15, 0.2) is 0 Å². The Morgan fingerprint density at radius 2 is 1.60 bits per heavy atom. The highest BCUT2D eigenvalue weighted by molar-refractivity contribution is 5.84. The largest absolute Gasteiger partial charge is 0.480 e. The molecule has 20 heavy (non-hydrogen) atoms. The molecule has 0 fully saturated rings. The van der Waals surface area contributed by atoms with Gasteiger partial charge in [0.25, 0.3) is 0 Å². The lowest BCUT2D eigenvalue weighted by atomic mass is 10.2. The van der Waals surface area contributed by atoms with Crippen LogP contribution in [0.5, 0.6) is 0 Å². The van der Waals surface area contributed by atoms with E-state index < -0.39 is 31.1 Å². The van der Waals surface area contributed by atoms with Gasteiger partial charge in [0.1, 0.15) is 13.1 Å². The molecule has 0 heterocycles. The maximum atomic E-state index is 12.2. The first-order chi connectivity index (χ1) is 9.27. The fraction of sp³-hybridized carbons (Fsp3) is 0.667. The molecule has 0 radical (unpaired) electrons. The predicted molar refractivity (Wildman–Crippen MR) is 68.9 cm³/mol. The normalized spacial score (nSPS) is 9.90. The second-order valence-corrected chi connectivity index (χ2v) is 4.67. The molecule has 0 atom stereocenters. The molecule has 2 N–H and O–H groups in total. The maximum Gasteiger partial charge on any atom is 0.323 e. The third-order valence-corrected chi connectivity index (χ3v) is 2.27. The lowest BCUT2D eigenvalue weighted by molar-refractivity contribution is -0.140. The van der Waals surface area contributed by atoms with Gasteiger partial charge in [0.05, 0.1) is 12.5 Å². The summed E-state index contributed by atoms with van der Waals surface area (Å²) in [4.78, 5) is 35.6. The minimum Gasteiger partial charge on any atom is -0.480 e. The summed E-state index contributed by atoms with van der Waals surface area (Å²) in [6, 6.07) is 1.22. The van der Waals surface area contributed by atoms with E-state index >= 15 is 0 Å². The molecule has 0 aliphatic rings. The topological polar surface area (TPSA) is 122 Å². The third-order valence-electron chi connectivity index (χ3n) is 2.27. The van der Waals surface area contributed by atoms with Gasteiger partial charge in [0, 0.05) is 13.1 Å². The van der Waals surface area contributed by atoms with E-state index in [4.69, 9.17) is 15.5 Å². The average molecular weight is 285 g/mol. The summed E-state index contributed by atoms with van der Waals surface area (Å²) in [5, 5.41) is 26.0. The van der Waals surface area contributed by atoms with Crippen LogP contribution in [-0.4, -0.2) is 64.2 Å². The first-order valence-electron chi connectivity index (χ1n) is 6.12. The number of carboxylic acid groups (broad SMARTS) is 2. The summed E-state index contributed by atoms with van der Waals surface area (Å²) >= 11 is 0. The van der Waals surface area contributed by atoms with Crippen molar-refractivity contribution < 1.29 is 24.6 Å². The quantitative estimate of drug-likeness (QED) is 0.667. The standard InChI is InChI=1S/C12H19N3O5/c1-9(2)6-14(5-3-4-13)12(20)15(7-10(16)17)8-11(18)19/h9H,3,5-8H2,1-2H3,(H,16,17)(H,18,19). The zero-order valence-corrected chi connectivity index (χ0v) is 11.6. The highest BCUT2D eigenvalue weighted by Gasteiger charge is 2.25. The monoisotopic (exact) mass is 285 g/mol. The van der Waals surface area contributed by atoms with Gasteiger partial charge in [-0.15, -0.1) is 0 Å². The van der Waals surface area contributed by atoms with Crippen LogP contribution in [0.25, 0.3) is 0 Å². The molecule has 0 aromatic rings. The first-order valence-corrected chi connectivity index (χ1v) is 6.12. The summed E-state index contributed by atoms with van der Waals surface area (Å²) in [7, 11) is 0. The molecule has 0 unspecified atom stereocenters. The van der Waals surface area contributed by atoms with E-state index in [1.54, 1.807) is 0 Å². The fourth-order valence-electron chi connectivity index (χ4n) is 1.61. The molecule has 8 heteroatoms. The molecule has 2 amide bonds. The van der Waals surface area contributed by atoms with Crippen LogP contribution < -0.4 is 0 Å². The van der Waals surface area contributed by atoms with Gasteiger partial charge in [-0.3, -0.25) is 9.59 Å². The van der Waals surface area contributed by atoms with Crippen molar-refractivity contribution >= 4 is 18.0 Å². The number of hydrogen-bond acceptors (Lipinski definition) is 4. The summed E-state index contributed by atoms with van der Waals surface area (Å²) in [5.74, 6) is -2.46. The molecule has 0 aromatic carbocycles. The van der Waals surface area contributed by atoms with Crippen LogP contribution in [0.3, 0.4) is 0 Å². The maximum absolute atomic E-state index is 12.2. The molecule has 0 aromatic heterocycles. The second kappa shape index (κ2) is 8.74. The number of rotatable bonds is 8. The third kappa shape index (κ3) is 7.20. The zero-order valence-electron chi connectivity index (χ0n) is 11.6. The van der Waals surface area contributed by atoms with Crippen LogP contribution in [0.4, 0.5) is 4.79 Å². The second-order valence-electron chi connectivity index (χ2n) is 4.67. The van der Waals surface area contributed by atoms with Gasteiger partial charge in [-0.25, -0.2) is 4.79 Å². The van der Waals surface area contributed by atoms with E-state index in [1.165, 1.54) is 4.90 Å². The van der Waals surface area contributed by atoms with E-state index in [1.807, 2.05) is 19.9 Å². The van der Waals surface area contributed by atoms with Gasteiger partial charge in [0.2, 0.25) is 0 Å². The van der Waals surface area contributed by atoms with E-state index in [2.05, 4.69) is 0 Å². The lowest BCUT2D eigenvalue weighted by Gasteiger charge is -2.29. The number of urea groups is 1. The van der Waals surface area contributed by atoms with E-state index in [0.717, 1.165) is 4.90 Å². The van der Waals surface area contributed by atoms with E-state index in [0.29, 0.717) is 6.54 Å². The van der Waals surface area contributed by atoms with Crippen molar-refractivity contribution in [1.82, 2.24) is 9.80 Å². The lowest BCUT2D eigenvalue weighted by Crippen LogP contribution is -2.48. The van der Waals surface area contributed by atoms with Crippen LogP contribution in [0.2, 0.25) is 0 Å². The molecule has 0 spiro atoms. The van der Waals surface area contributed by atoms with Gasteiger partial charge in [0.15, 0.2) is 0 Å². The Labute approximate surface area is 117 Å². The van der Waals surface area contributed by atoms with Crippen molar-refractivity contribution in [3.63, 3.8) is 0 Å². The van der Waals surface area contributed by atoms with Crippen LogP contribution in [0.1, 0.15) is 20.3 Å². The average Bonchev–Trinajstić information content (AvgIpc) is 2.31. The number of aliphatic carboxylic acids is 2. The number of nitriles is 1. The van der Waals surface area contributed by atoms with Crippen molar-refractivity contribution in [3.8, 4) is 6.07 Å². The van der Waals surface area contributed by atoms with Crippen molar-refractivity contribution in [2.75, 3.05) is 26.2 Å². The van der Waals surface area contributed by atoms with Crippen molar-refractivity contribution in [2.24, 2.45) is 5.92 Å². The number of carbonyl (C=O) groups is 3. The number of carbonyl (C=O) groups excluding carboxylic acids is 1. The Kier molecular flexibility index (Phi) is 7.74. The SMILES string of the molecule is CC(C)CN(CCC#N)C(=O)N(CC(=O)O)CC(=O)O. The minimum absolute atomic E-state index is 0.104. The predicted octanol–water partition coefficient (Wildman–Crippen LogP) is 0.449. The first kappa shape index (κ1) is 17.7. The summed E-state index contributed by atoms with van der Waals surface area (Å²) in [6.07, 6.45) is 0.104. The Balaban J connectivity index is 4.96. The van der Waals surface area contributed by atoms with Gasteiger partial charge < -0.3 is 20.0 Å². The Bertz CT molecular complexity index is 386. The highest BCUT2D eigenvalue weighted by Crippen LogP contribution is 2.05. The summed E-state index contributed by atoms with van der Waals surface area (Å²) < 4.78 is 0. The molecule has 0 rings (SSSR count). The molecule has 0 bridgehead atoms. The van der Waals surface area contributed by atoms with E-state index in [-0.39, 0.29) is 18.9 Å². The molecule has 0 aliphatic heterocycles. The smallest absolute Gasteiger partial charge is 0.323 e. The molecule has 8 nitrogen and oxygen atoms in total. The minimum atomic E-state index is -1.29. The van der Waals surface area contributed by atoms with Gasteiger partial charge >= 0.3 is 18.0 Å². The van der Waals surface area contributed by atoms with Crippen molar-refractivity contribution in [2.45, 2.75) is 20.3 Å². The Morgan fingerprint density at radius 3 is 1.95 bits per heavy atom.